The monoisotopic (exact) mass is 413 g/mol. The highest BCUT2D eigenvalue weighted by atomic mass is 16.6. The van der Waals surface area contributed by atoms with Gasteiger partial charge in [0.25, 0.3) is 0 Å². The molecule has 0 heterocycles. The van der Waals surface area contributed by atoms with Crippen LogP contribution in [0.3, 0.4) is 0 Å². The lowest BCUT2D eigenvalue weighted by molar-refractivity contribution is -0.127. The maximum Gasteiger partial charge on any atom is 0.0859 e. The third kappa shape index (κ3) is 9.86. The maximum atomic E-state index is 6.24. The van der Waals surface area contributed by atoms with Crippen molar-refractivity contribution in [3.63, 3.8) is 0 Å². The molecule has 0 unspecified atom stereocenters. The van der Waals surface area contributed by atoms with Crippen molar-refractivity contribution in [3.8, 4) is 0 Å². The Morgan fingerprint density at radius 3 is 1.73 bits per heavy atom. The second kappa shape index (κ2) is 12.2. The second-order valence-electron chi connectivity index (χ2n) is 9.08. The van der Waals surface area contributed by atoms with E-state index in [0.717, 1.165) is 26.1 Å². The molecule has 4 nitrogen and oxygen atoms in total. The molecule has 0 saturated carbocycles. The molecule has 2 aromatic rings. The van der Waals surface area contributed by atoms with Gasteiger partial charge in [-0.05, 0) is 45.2 Å². The molecular formula is C26H39NO3. The Labute approximate surface area is 183 Å². The van der Waals surface area contributed by atoms with Gasteiger partial charge in [0.05, 0.1) is 24.4 Å². The fraction of sp³-hybridized carbons (Fsp3) is 0.538. The summed E-state index contributed by atoms with van der Waals surface area (Å²) in [6.07, 6.45) is 0.863. The number of hydrogen-bond acceptors (Lipinski definition) is 4. The van der Waals surface area contributed by atoms with Crippen LogP contribution in [-0.4, -0.2) is 49.6 Å². The summed E-state index contributed by atoms with van der Waals surface area (Å²) in [5.41, 5.74) is 2.07. The molecule has 0 atom stereocenters. The van der Waals surface area contributed by atoms with E-state index in [4.69, 9.17) is 14.2 Å². The maximum absolute atomic E-state index is 6.24. The van der Waals surface area contributed by atoms with Crippen LogP contribution in [-0.2, 0) is 27.3 Å². The molecule has 2 rings (SSSR count). The molecule has 166 valence electrons. The largest absolute Gasteiger partial charge is 0.385 e. The van der Waals surface area contributed by atoms with Gasteiger partial charge in [0.1, 0.15) is 0 Å². The van der Waals surface area contributed by atoms with Gasteiger partial charge in [-0.25, -0.2) is 0 Å². The molecule has 0 bridgehead atoms. The van der Waals surface area contributed by atoms with Crippen LogP contribution in [0.4, 0.5) is 0 Å². The Hall–Kier alpha value is -1.72. The fourth-order valence-electron chi connectivity index (χ4n) is 3.18. The van der Waals surface area contributed by atoms with Gasteiger partial charge >= 0.3 is 0 Å². The van der Waals surface area contributed by atoms with Crippen LogP contribution >= 0.6 is 0 Å². The second-order valence-corrected chi connectivity index (χ2v) is 9.08. The molecule has 4 heteroatoms. The first-order valence-corrected chi connectivity index (χ1v) is 10.9. The lowest BCUT2D eigenvalue weighted by Gasteiger charge is -2.33. The van der Waals surface area contributed by atoms with Gasteiger partial charge in [0.2, 0.25) is 0 Å². The van der Waals surface area contributed by atoms with Crippen LogP contribution < -0.4 is 0 Å². The van der Waals surface area contributed by atoms with Crippen molar-refractivity contribution in [2.45, 2.75) is 58.4 Å². The van der Waals surface area contributed by atoms with E-state index in [1.165, 1.54) is 11.1 Å². The number of methoxy groups -OCH3 is 1. The Kier molecular flexibility index (Phi) is 9.99. The predicted octanol–water partition coefficient (Wildman–Crippen LogP) is 5.32. The van der Waals surface area contributed by atoms with E-state index in [1.54, 1.807) is 7.11 Å². The van der Waals surface area contributed by atoms with Gasteiger partial charge in [-0.3, -0.25) is 4.90 Å². The number of benzene rings is 2. The minimum atomic E-state index is -0.338. The summed E-state index contributed by atoms with van der Waals surface area (Å²) in [6.45, 7) is 13.0. The number of ether oxygens (including phenoxy) is 3. The summed E-state index contributed by atoms with van der Waals surface area (Å²) in [5, 5.41) is 0. The molecule has 30 heavy (non-hydrogen) atoms. The summed E-state index contributed by atoms with van der Waals surface area (Å²) >= 11 is 0. The lowest BCUT2D eigenvalue weighted by Crippen LogP contribution is -2.39. The first kappa shape index (κ1) is 24.5. The van der Waals surface area contributed by atoms with E-state index in [2.05, 4.69) is 93.3 Å². The van der Waals surface area contributed by atoms with E-state index in [-0.39, 0.29) is 11.2 Å². The third-order valence-corrected chi connectivity index (χ3v) is 5.12. The summed E-state index contributed by atoms with van der Waals surface area (Å²) in [5.74, 6) is 0. The Bertz CT molecular complexity index is 659. The van der Waals surface area contributed by atoms with Gasteiger partial charge in [-0.1, -0.05) is 60.7 Å². The average molecular weight is 414 g/mol. The van der Waals surface area contributed by atoms with Gasteiger partial charge in [-0.15, -0.1) is 0 Å². The molecule has 0 N–H and O–H groups in total. The summed E-state index contributed by atoms with van der Waals surface area (Å²) < 4.78 is 17.5. The van der Waals surface area contributed by atoms with Crippen molar-refractivity contribution in [3.05, 3.63) is 71.8 Å². The molecule has 0 amide bonds. The zero-order chi connectivity index (χ0) is 21.9. The predicted molar refractivity (Wildman–Crippen MR) is 124 cm³/mol. The van der Waals surface area contributed by atoms with E-state index in [0.29, 0.717) is 19.8 Å². The SMILES string of the molecule is COCCC(C)(C)OCC(C)(C)OCCN(Cc1ccccc1)Cc1ccccc1. The molecule has 0 aliphatic heterocycles. The van der Waals surface area contributed by atoms with E-state index in [9.17, 15) is 0 Å². The van der Waals surface area contributed by atoms with E-state index in [1.807, 2.05) is 0 Å². The highest BCUT2D eigenvalue weighted by Gasteiger charge is 2.25. The Morgan fingerprint density at radius 2 is 1.23 bits per heavy atom. The van der Waals surface area contributed by atoms with Gasteiger partial charge in [0.15, 0.2) is 0 Å². The molecule has 0 saturated heterocycles. The molecule has 0 aliphatic carbocycles. The summed E-state index contributed by atoms with van der Waals surface area (Å²) in [7, 11) is 1.72. The highest BCUT2D eigenvalue weighted by Crippen LogP contribution is 2.19. The van der Waals surface area contributed by atoms with E-state index >= 15 is 0 Å². The summed E-state index contributed by atoms with van der Waals surface area (Å²) in [4.78, 5) is 2.43. The van der Waals surface area contributed by atoms with Gasteiger partial charge in [-0.2, -0.15) is 0 Å². The van der Waals surface area contributed by atoms with Crippen LogP contribution in [0.5, 0.6) is 0 Å². The lowest BCUT2D eigenvalue weighted by atomic mass is 10.0. The van der Waals surface area contributed by atoms with Crippen molar-refractivity contribution in [1.82, 2.24) is 4.90 Å². The normalized spacial score (nSPS) is 12.5. The summed E-state index contributed by atoms with van der Waals surface area (Å²) in [6, 6.07) is 21.2. The minimum absolute atomic E-state index is 0.219. The number of rotatable bonds is 14. The number of hydrogen-bond donors (Lipinski definition) is 0. The quantitative estimate of drug-likeness (QED) is 0.420. The van der Waals surface area contributed by atoms with Crippen LogP contribution in [0, 0.1) is 0 Å². The zero-order valence-electron chi connectivity index (χ0n) is 19.4. The minimum Gasteiger partial charge on any atom is -0.385 e. The van der Waals surface area contributed by atoms with E-state index < -0.39 is 0 Å². The standard InChI is InChI=1S/C26H39NO3/c1-25(2,16-18-28-5)30-22-26(3,4)29-19-17-27(20-23-12-8-6-9-13-23)21-24-14-10-7-11-15-24/h6-15H,16-22H2,1-5H3. The van der Waals surface area contributed by atoms with Crippen LogP contribution in [0.25, 0.3) is 0 Å². The Balaban J connectivity index is 1.87. The molecule has 0 spiro atoms. The zero-order valence-corrected chi connectivity index (χ0v) is 19.4. The van der Waals surface area contributed by atoms with Crippen molar-refractivity contribution in [2.75, 3.05) is 33.5 Å². The highest BCUT2D eigenvalue weighted by molar-refractivity contribution is 5.17. The van der Waals surface area contributed by atoms with Crippen molar-refractivity contribution in [1.29, 1.82) is 0 Å². The first-order valence-electron chi connectivity index (χ1n) is 10.9. The van der Waals surface area contributed by atoms with Crippen LogP contribution in [0.1, 0.15) is 45.2 Å². The van der Waals surface area contributed by atoms with Crippen molar-refractivity contribution < 1.29 is 14.2 Å². The fourth-order valence-corrected chi connectivity index (χ4v) is 3.18. The first-order chi connectivity index (χ1) is 14.3. The third-order valence-electron chi connectivity index (χ3n) is 5.12. The molecule has 2 aromatic carbocycles. The smallest absolute Gasteiger partial charge is 0.0859 e. The average Bonchev–Trinajstić information content (AvgIpc) is 2.72. The molecular weight excluding hydrogens is 374 g/mol. The van der Waals surface area contributed by atoms with Crippen LogP contribution in [0.2, 0.25) is 0 Å². The Morgan fingerprint density at radius 1 is 0.700 bits per heavy atom. The molecule has 0 aliphatic rings. The van der Waals surface area contributed by atoms with Crippen LogP contribution in [0.15, 0.2) is 60.7 Å². The van der Waals surface area contributed by atoms with Crippen molar-refractivity contribution >= 4 is 0 Å². The topological polar surface area (TPSA) is 30.9 Å². The van der Waals surface area contributed by atoms with Gasteiger partial charge < -0.3 is 14.2 Å². The van der Waals surface area contributed by atoms with Gasteiger partial charge in [0, 0.05) is 33.4 Å². The number of nitrogens with zero attached hydrogens (tertiary/aromatic N) is 1. The van der Waals surface area contributed by atoms with Crippen molar-refractivity contribution in [2.24, 2.45) is 0 Å². The molecule has 0 aromatic heterocycles. The molecule has 0 fully saturated rings. The molecule has 0 radical (unpaired) electrons.